The summed E-state index contributed by atoms with van der Waals surface area (Å²) < 4.78 is 1.35. The summed E-state index contributed by atoms with van der Waals surface area (Å²) in [5.74, 6) is -1.57. The molecule has 0 saturated heterocycles. The predicted molar refractivity (Wildman–Crippen MR) is 104 cm³/mol. The van der Waals surface area contributed by atoms with Crippen LogP contribution in [-0.2, 0) is 6.42 Å². The molecule has 0 radical (unpaired) electrons. The van der Waals surface area contributed by atoms with Crippen LogP contribution in [0, 0.1) is 10.1 Å². The van der Waals surface area contributed by atoms with E-state index >= 15 is 0 Å². The molecule has 2 heterocycles. The number of hydrogen-bond acceptors (Lipinski definition) is 4. The van der Waals surface area contributed by atoms with Crippen LogP contribution in [0.25, 0.3) is 21.8 Å². The highest BCUT2D eigenvalue weighted by atomic mass is 16.6. The molecule has 0 N–H and O–H groups in total. The van der Waals surface area contributed by atoms with Gasteiger partial charge in [-0.15, -0.1) is 0 Å². The second kappa shape index (κ2) is 5.60. The van der Waals surface area contributed by atoms with Crippen molar-refractivity contribution in [2.75, 3.05) is 0 Å². The quantitative estimate of drug-likeness (QED) is 0.311. The summed E-state index contributed by atoms with van der Waals surface area (Å²) in [7, 11) is 0. The normalized spacial score (nSPS) is 18.7. The van der Waals surface area contributed by atoms with E-state index in [1.54, 1.807) is 54.6 Å². The van der Waals surface area contributed by atoms with Gasteiger partial charge in [-0.3, -0.25) is 24.3 Å². The fourth-order valence-electron chi connectivity index (χ4n) is 4.19. The second-order valence-corrected chi connectivity index (χ2v) is 6.97. The minimum Gasteiger partial charge on any atom is -0.285 e. The van der Waals surface area contributed by atoms with Gasteiger partial charge in [-0.05, 0) is 17.7 Å². The van der Waals surface area contributed by atoms with Gasteiger partial charge in [-0.25, -0.2) is 0 Å². The molecule has 1 atom stereocenters. The third kappa shape index (κ3) is 1.91. The van der Waals surface area contributed by atoms with Crippen LogP contribution in [0.2, 0.25) is 0 Å². The van der Waals surface area contributed by atoms with Gasteiger partial charge in [0.2, 0.25) is 0 Å². The zero-order valence-corrected chi connectivity index (χ0v) is 14.7. The van der Waals surface area contributed by atoms with E-state index in [0.717, 1.165) is 10.8 Å². The van der Waals surface area contributed by atoms with Crippen LogP contribution in [0.3, 0.4) is 0 Å². The molecular formula is C22H14N2O4. The molecule has 1 aliphatic heterocycles. The Hall–Kier alpha value is -3.80. The van der Waals surface area contributed by atoms with Crippen LogP contribution < -0.4 is 0 Å². The van der Waals surface area contributed by atoms with Crippen LogP contribution in [-0.4, -0.2) is 26.7 Å². The first-order valence-electron chi connectivity index (χ1n) is 8.86. The van der Waals surface area contributed by atoms with Crippen molar-refractivity contribution in [3.05, 3.63) is 94.0 Å². The fourth-order valence-corrected chi connectivity index (χ4v) is 4.19. The lowest BCUT2D eigenvalue weighted by molar-refractivity contribution is -0.531. The number of para-hydroxylation sites is 2. The number of hydrogen-bond donors (Lipinski definition) is 0. The fraction of sp³-hybridized carbons (Fsp3) is 0.0909. The summed E-state index contributed by atoms with van der Waals surface area (Å²) in [4.78, 5) is 38.5. The first-order valence-corrected chi connectivity index (χ1v) is 8.86. The molecule has 1 unspecified atom stereocenters. The van der Waals surface area contributed by atoms with Crippen molar-refractivity contribution in [1.29, 1.82) is 0 Å². The molecule has 0 amide bonds. The average Bonchev–Trinajstić information content (AvgIpc) is 3.05. The number of Topliss-reactive ketones (excluding diaryl/α,β-unsaturated/α-hetero) is 1. The van der Waals surface area contributed by atoms with Gasteiger partial charge in [-0.2, -0.15) is 0 Å². The first kappa shape index (κ1) is 16.4. The summed E-state index contributed by atoms with van der Waals surface area (Å²) in [6, 6.07) is 20.9. The van der Waals surface area contributed by atoms with Crippen molar-refractivity contribution in [2.45, 2.75) is 12.0 Å². The van der Waals surface area contributed by atoms with Crippen molar-refractivity contribution < 1.29 is 14.5 Å². The lowest BCUT2D eigenvalue weighted by Crippen LogP contribution is -2.59. The molecule has 6 nitrogen and oxygen atoms in total. The second-order valence-electron chi connectivity index (χ2n) is 6.97. The first-order chi connectivity index (χ1) is 13.6. The SMILES string of the molecule is O=C1c2cccc3c4ccccc4n(c23)C(=O)C1(Cc1ccccc1)[N+](=O)[O-]. The number of carbonyl (C=O) groups is 2. The minimum atomic E-state index is -2.38. The van der Waals surface area contributed by atoms with Crippen molar-refractivity contribution in [2.24, 2.45) is 0 Å². The zero-order valence-electron chi connectivity index (χ0n) is 14.7. The van der Waals surface area contributed by atoms with Crippen LogP contribution in [0.5, 0.6) is 0 Å². The van der Waals surface area contributed by atoms with E-state index in [1.165, 1.54) is 4.57 Å². The Morgan fingerprint density at radius 3 is 2.29 bits per heavy atom. The van der Waals surface area contributed by atoms with Gasteiger partial charge >= 0.3 is 11.4 Å². The van der Waals surface area contributed by atoms with Gasteiger partial charge < -0.3 is 0 Å². The highest BCUT2D eigenvalue weighted by molar-refractivity contribution is 6.31. The lowest BCUT2D eigenvalue weighted by Gasteiger charge is -2.28. The maximum atomic E-state index is 13.6. The zero-order chi connectivity index (χ0) is 19.5. The molecule has 136 valence electrons. The summed E-state index contributed by atoms with van der Waals surface area (Å²) in [5.41, 5.74) is -0.593. The molecule has 0 fully saturated rings. The molecule has 5 rings (SSSR count). The average molecular weight is 370 g/mol. The van der Waals surface area contributed by atoms with Crippen molar-refractivity contribution in [3.63, 3.8) is 0 Å². The molecule has 0 spiro atoms. The van der Waals surface area contributed by atoms with E-state index in [2.05, 4.69) is 0 Å². The number of rotatable bonds is 3. The molecule has 3 aromatic carbocycles. The van der Waals surface area contributed by atoms with Crippen LogP contribution in [0.4, 0.5) is 0 Å². The molecule has 0 saturated carbocycles. The lowest BCUT2D eigenvalue weighted by atomic mass is 9.80. The van der Waals surface area contributed by atoms with Gasteiger partial charge in [0.05, 0.1) is 23.0 Å². The highest BCUT2D eigenvalue weighted by Crippen LogP contribution is 2.39. The van der Waals surface area contributed by atoms with E-state index in [0.29, 0.717) is 16.6 Å². The topological polar surface area (TPSA) is 82.2 Å². The van der Waals surface area contributed by atoms with Crippen LogP contribution in [0.1, 0.15) is 20.7 Å². The molecular weight excluding hydrogens is 356 g/mol. The largest absolute Gasteiger partial charge is 0.364 e. The molecule has 0 aliphatic carbocycles. The van der Waals surface area contributed by atoms with Gasteiger partial charge in [0.25, 0.3) is 5.78 Å². The number of aromatic nitrogens is 1. The smallest absolute Gasteiger partial charge is 0.285 e. The number of benzene rings is 3. The summed E-state index contributed by atoms with van der Waals surface area (Å²) in [6.07, 6.45) is -0.291. The summed E-state index contributed by atoms with van der Waals surface area (Å²) in [6.45, 7) is 0. The maximum Gasteiger partial charge on any atom is 0.364 e. The van der Waals surface area contributed by atoms with E-state index in [9.17, 15) is 19.7 Å². The monoisotopic (exact) mass is 370 g/mol. The highest BCUT2D eigenvalue weighted by Gasteiger charge is 2.62. The Bertz CT molecular complexity index is 1310. The van der Waals surface area contributed by atoms with E-state index < -0.39 is 22.2 Å². The Morgan fingerprint density at radius 1 is 0.857 bits per heavy atom. The predicted octanol–water partition coefficient (Wildman–Crippen LogP) is 3.89. The Kier molecular flexibility index (Phi) is 3.27. The molecule has 1 aromatic heterocycles. The summed E-state index contributed by atoms with van der Waals surface area (Å²) in [5, 5.41) is 13.8. The van der Waals surface area contributed by atoms with Crippen LogP contribution >= 0.6 is 0 Å². The molecule has 6 heteroatoms. The number of ketones is 1. The standard InChI is InChI=1S/C22H14N2O4/c25-20-17-11-6-10-16-15-9-4-5-12-18(15)23(19(16)17)21(26)22(20,24(27)28)13-14-7-2-1-3-8-14/h1-12H,13H2. The Balaban J connectivity index is 1.87. The number of nitro groups is 1. The molecule has 28 heavy (non-hydrogen) atoms. The third-order valence-corrected chi connectivity index (χ3v) is 5.49. The van der Waals surface area contributed by atoms with Gasteiger partial charge in [0.15, 0.2) is 0 Å². The Morgan fingerprint density at radius 2 is 1.54 bits per heavy atom. The van der Waals surface area contributed by atoms with E-state index in [4.69, 9.17) is 0 Å². The van der Waals surface area contributed by atoms with Crippen molar-refractivity contribution >= 4 is 33.5 Å². The van der Waals surface area contributed by atoms with E-state index in [-0.39, 0.29) is 12.0 Å². The maximum absolute atomic E-state index is 13.6. The molecule has 1 aliphatic rings. The molecule has 4 aromatic rings. The van der Waals surface area contributed by atoms with Gasteiger partial charge in [-0.1, -0.05) is 60.7 Å². The van der Waals surface area contributed by atoms with Crippen molar-refractivity contribution in [1.82, 2.24) is 4.57 Å². The van der Waals surface area contributed by atoms with Gasteiger partial charge in [0, 0.05) is 15.7 Å². The summed E-state index contributed by atoms with van der Waals surface area (Å²) >= 11 is 0. The number of nitrogens with zero attached hydrogens (tertiary/aromatic N) is 2. The molecule has 0 bridgehead atoms. The minimum absolute atomic E-state index is 0.209. The third-order valence-electron chi connectivity index (χ3n) is 5.49. The van der Waals surface area contributed by atoms with E-state index in [1.807, 2.05) is 18.2 Å². The number of carbonyl (C=O) groups excluding carboxylic acids is 2. The van der Waals surface area contributed by atoms with Gasteiger partial charge in [0.1, 0.15) is 0 Å². The Labute approximate surface area is 159 Å². The van der Waals surface area contributed by atoms with Crippen molar-refractivity contribution in [3.8, 4) is 0 Å². The number of fused-ring (bicyclic) bond motifs is 3. The van der Waals surface area contributed by atoms with Crippen LogP contribution in [0.15, 0.2) is 72.8 Å².